The van der Waals surface area contributed by atoms with E-state index in [0.717, 1.165) is 22.9 Å². The standard InChI is InChI=1S/C11H9BrF3N3O/c12-4-1-5-18-10(19)8-3-2-7(11(13,14)15)6-9(8)16-17-18/h2-3,6H,1,4-5H2. The highest BCUT2D eigenvalue weighted by Gasteiger charge is 2.30. The van der Waals surface area contributed by atoms with Gasteiger partial charge in [0, 0.05) is 11.9 Å². The molecule has 0 aliphatic heterocycles. The lowest BCUT2D eigenvalue weighted by Gasteiger charge is -2.08. The first kappa shape index (κ1) is 14.0. The van der Waals surface area contributed by atoms with Crippen molar-refractivity contribution < 1.29 is 13.2 Å². The fraction of sp³-hybridized carbons (Fsp3) is 0.364. The summed E-state index contributed by atoms with van der Waals surface area (Å²) in [4.78, 5) is 12.0. The smallest absolute Gasteiger partial charge is 0.267 e. The summed E-state index contributed by atoms with van der Waals surface area (Å²) < 4.78 is 38.7. The Morgan fingerprint density at radius 1 is 1.32 bits per heavy atom. The van der Waals surface area contributed by atoms with E-state index in [1.54, 1.807) is 0 Å². The average molecular weight is 336 g/mol. The summed E-state index contributed by atoms with van der Waals surface area (Å²) in [7, 11) is 0. The number of fused-ring (bicyclic) bond motifs is 1. The van der Waals surface area contributed by atoms with Crippen molar-refractivity contribution in [3.63, 3.8) is 0 Å². The van der Waals surface area contributed by atoms with Crippen molar-refractivity contribution in [3.05, 3.63) is 34.1 Å². The Morgan fingerprint density at radius 2 is 2.05 bits per heavy atom. The summed E-state index contributed by atoms with van der Waals surface area (Å²) in [5, 5.41) is 8.14. The molecule has 102 valence electrons. The lowest BCUT2D eigenvalue weighted by atomic mass is 10.1. The van der Waals surface area contributed by atoms with Gasteiger partial charge < -0.3 is 0 Å². The van der Waals surface area contributed by atoms with E-state index in [9.17, 15) is 18.0 Å². The van der Waals surface area contributed by atoms with Crippen LogP contribution >= 0.6 is 15.9 Å². The van der Waals surface area contributed by atoms with Gasteiger partial charge in [-0.1, -0.05) is 21.1 Å². The Morgan fingerprint density at radius 3 is 2.68 bits per heavy atom. The molecule has 0 amide bonds. The zero-order valence-electron chi connectivity index (χ0n) is 9.62. The van der Waals surface area contributed by atoms with Crippen molar-refractivity contribution >= 4 is 26.8 Å². The van der Waals surface area contributed by atoms with Crippen LogP contribution in [0.2, 0.25) is 0 Å². The Balaban J connectivity index is 2.51. The second-order valence-electron chi connectivity index (χ2n) is 3.89. The van der Waals surface area contributed by atoms with Crippen molar-refractivity contribution in [3.8, 4) is 0 Å². The van der Waals surface area contributed by atoms with Crippen LogP contribution < -0.4 is 5.56 Å². The van der Waals surface area contributed by atoms with E-state index in [0.29, 0.717) is 18.3 Å². The summed E-state index contributed by atoms with van der Waals surface area (Å²) in [6, 6.07) is 2.85. The molecular formula is C11H9BrF3N3O. The molecule has 0 saturated carbocycles. The van der Waals surface area contributed by atoms with Gasteiger partial charge in [-0.3, -0.25) is 4.79 Å². The van der Waals surface area contributed by atoms with Crippen LogP contribution in [0.3, 0.4) is 0 Å². The number of halogens is 4. The molecule has 0 unspecified atom stereocenters. The first-order valence-corrected chi connectivity index (χ1v) is 6.56. The Kier molecular flexibility index (Phi) is 3.88. The fourth-order valence-corrected chi connectivity index (χ4v) is 1.86. The molecule has 0 atom stereocenters. The lowest BCUT2D eigenvalue weighted by Crippen LogP contribution is -2.24. The SMILES string of the molecule is O=c1c2ccc(C(F)(F)F)cc2nnn1CCCBr. The number of nitrogens with zero attached hydrogens (tertiary/aromatic N) is 3. The Hall–Kier alpha value is -1.44. The molecule has 8 heteroatoms. The number of aryl methyl sites for hydroxylation is 1. The van der Waals surface area contributed by atoms with Gasteiger partial charge in [0.15, 0.2) is 0 Å². The second kappa shape index (κ2) is 5.28. The van der Waals surface area contributed by atoms with E-state index in [2.05, 4.69) is 26.2 Å². The van der Waals surface area contributed by atoms with Crippen LogP contribution in [0.1, 0.15) is 12.0 Å². The van der Waals surface area contributed by atoms with Crippen molar-refractivity contribution in [2.75, 3.05) is 5.33 Å². The predicted octanol–water partition coefficient (Wildman–Crippen LogP) is 2.60. The zero-order chi connectivity index (χ0) is 14.0. The zero-order valence-corrected chi connectivity index (χ0v) is 11.2. The van der Waals surface area contributed by atoms with Crippen LogP contribution in [0.25, 0.3) is 10.9 Å². The molecule has 19 heavy (non-hydrogen) atoms. The van der Waals surface area contributed by atoms with E-state index >= 15 is 0 Å². The molecule has 0 aliphatic rings. The summed E-state index contributed by atoms with van der Waals surface area (Å²) in [5.74, 6) is 0. The first-order chi connectivity index (χ1) is 8.93. The number of alkyl halides is 4. The molecule has 0 bridgehead atoms. The molecule has 2 aromatic rings. The number of benzene rings is 1. The number of hydrogen-bond acceptors (Lipinski definition) is 3. The molecule has 1 aromatic carbocycles. The van der Waals surface area contributed by atoms with E-state index in [-0.39, 0.29) is 10.9 Å². The van der Waals surface area contributed by atoms with Crippen LogP contribution in [0.5, 0.6) is 0 Å². The molecule has 0 saturated heterocycles. The quantitative estimate of drug-likeness (QED) is 0.810. The van der Waals surface area contributed by atoms with Crippen LogP contribution in [-0.4, -0.2) is 20.3 Å². The molecule has 0 aliphatic carbocycles. The van der Waals surface area contributed by atoms with Gasteiger partial charge in [-0.2, -0.15) is 13.2 Å². The Bertz CT molecular complexity index is 654. The molecule has 0 N–H and O–H groups in total. The highest BCUT2D eigenvalue weighted by Crippen LogP contribution is 2.30. The molecule has 1 aromatic heterocycles. The van der Waals surface area contributed by atoms with Crippen LogP contribution in [-0.2, 0) is 12.7 Å². The highest BCUT2D eigenvalue weighted by molar-refractivity contribution is 9.09. The minimum absolute atomic E-state index is 0.0464. The average Bonchev–Trinajstić information content (AvgIpc) is 2.36. The molecule has 1 heterocycles. The van der Waals surface area contributed by atoms with Crippen molar-refractivity contribution in [1.29, 1.82) is 0 Å². The van der Waals surface area contributed by atoms with Gasteiger partial charge in [-0.15, -0.1) is 5.10 Å². The van der Waals surface area contributed by atoms with Crippen LogP contribution in [0.4, 0.5) is 13.2 Å². The second-order valence-corrected chi connectivity index (χ2v) is 4.68. The highest BCUT2D eigenvalue weighted by atomic mass is 79.9. The number of hydrogen-bond donors (Lipinski definition) is 0. The van der Waals surface area contributed by atoms with Crippen LogP contribution in [0, 0.1) is 0 Å². The lowest BCUT2D eigenvalue weighted by molar-refractivity contribution is -0.137. The number of aromatic nitrogens is 3. The van der Waals surface area contributed by atoms with Gasteiger partial charge in [0.2, 0.25) is 0 Å². The van der Waals surface area contributed by atoms with Crippen molar-refractivity contribution in [2.24, 2.45) is 0 Å². The molecular weight excluding hydrogens is 327 g/mol. The molecule has 0 spiro atoms. The maximum Gasteiger partial charge on any atom is 0.416 e. The normalized spacial score (nSPS) is 12.0. The molecule has 2 rings (SSSR count). The predicted molar refractivity (Wildman–Crippen MR) is 67.2 cm³/mol. The maximum atomic E-state index is 12.5. The minimum atomic E-state index is -4.46. The minimum Gasteiger partial charge on any atom is -0.267 e. The summed E-state index contributed by atoms with van der Waals surface area (Å²) >= 11 is 3.22. The summed E-state index contributed by atoms with van der Waals surface area (Å²) in [5.41, 5.74) is -1.32. The third kappa shape index (κ3) is 2.94. The first-order valence-electron chi connectivity index (χ1n) is 5.44. The maximum absolute atomic E-state index is 12.5. The van der Waals surface area contributed by atoms with Gasteiger partial charge in [0.1, 0.15) is 5.52 Å². The van der Waals surface area contributed by atoms with E-state index in [4.69, 9.17) is 0 Å². The number of rotatable bonds is 3. The van der Waals surface area contributed by atoms with E-state index in [1.165, 1.54) is 0 Å². The molecule has 0 radical (unpaired) electrons. The topological polar surface area (TPSA) is 47.8 Å². The van der Waals surface area contributed by atoms with Crippen molar-refractivity contribution in [1.82, 2.24) is 15.0 Å². The van der Waals surface area contributed by atoms with Crippen LogP contribution in [0.15, 0.2) is 23.0 Å². The van der Waals surface area contributed by atoms with Gasteiger partial charge in [-0.25, -0.2) is 4.68 Å². The third-order valence-electron chi connectivity index (χ3n) is 2.55. The fourth-order valence-electron chi connectivity index (χ4n) is 1.61. The third-order valence-corrected chi connectivity index (χ3v) is 3.11. The van der Waals surface area contributed by atoms with Gasteiger partial charge in [-0.05, 0) is 24.6 Å². The largest absolute Gasteiger partial charge is 0.416 e. The van der Waals surface area contributed by atoms with Gasteiger partial charge >= 0.3 is 6.18 Å². The monoisotopic (exact) mass is 335 g/mol. The van der Waals surface area contributed by atoms with Gasteiger partial charge in [0.05, 0.1) is 10.9 Å². The van der Waals surface area contributed by atoms with E-state index < -0.39 is 17.3 Å². The molecule has 4 nitrogen and oxygen atoms in total. The van der Waals surface area contributed by atoms with Crippen molar-refractivity contribution in [2.45, 2.75) is 19.1 Å². The summed E-state index contributed by atoms with van der Waals surface area (Å²) in [6.07, 6.45) is -3.78. The summed E-state index contributed by atoms with van der Waals surface area (Å²) in [6.45, 7) is 0.369. The van der Waals surface area contributed by atoms with Gasteiger partial charge in [0.25, 0.3) is 5.56 Å². The Labute approximate surface area is 114 Å². The van der Waals surface area contributed by atoms with E-state index in [1.807, 2.05) is 0 Å². The molecule has 0 fully saturated rings.